The van der Waals surface area contributed by atoms with E-state index in [-0.39, 0.29) is 5.97 Å². The zero-order valence-corrected chi connectivity index (χ0v) is 11.3. The quantitative estimate of drug-likeness (QED) is 0.682. The molecule has 4 heteroatoms. The standard InChI is InChI=1S/C11H11NO.C4H8O2/c1-2-11-9(3-4-12-11)5-8(1)6-10-7-13-10;1-3-4(5)6-2/h1-5,10,12H,6-7H2;3H2,1-2H3. The number of aromatic nitrogens is 1. The van der Waals surface area contributed by atoms with Gasteiger partial charge in [-0.05, 0) is 29.1 Å². The minimum absolute atomic E-state index is 0.157. The van der Waals surface area contributed by atoms with Crippen LogP contribution in [0.4, 0.5) is 0 Å². The Balaban J connectivity index is 0.000000192. The number of nitrogens with one attached hydrogen (secondary N) is 1. The Morgan fingerprint density at radius 2 is 2.26 bits per heavy atom. The first-order valence-electron chi connectivity index (χ1n) is 6.47. The molecular formula is C15H19NO3. The van der Waals surface area contributed by atoms with Gasteiger partial charge in [0.15, 0.2) is 0 Å². The lowest BCUT2D eigenvalue weighted by atomic mass is 10.1. The molecule has 1 aliphatic heterocycles. The molecule has 1 aromatic carbocycles. The summed E-state index contributed by atoms with van der Waals surface area (Å²) < 4.78 is 9.46. The van der Waals surface area contributed by atoms with Gasteiger partial charge < -0.3 is 14.5 Å². The first kappa shape index (κ1) is 13.6. The van der Waals surface area contributed by atoms with E-state index in [0.717, 1.165) is 13.0 Å². The van der Waals surface area contributed by atoms with Crippen molar-refractivity contribution >= 4 is 16.9 Å². The maximum Gasteiger partial charge on any atom is 0.305 e. The number of carbonyl (C=O) groups excluding carboxylic acids is 1. The highest BCUT2D eigenvalue weighted by Gasteiger charge is 2.22. The van der Waals surface area contributed by atoms with Crippen molar-refractivity contribution in [3.05, 3.63) is 36.0 Å². The minimum atomic E-state index is -0.157. The summed E-state index contributed by atoms with van der Waals surface area (Å²) in [7, 11) is 1.38. The lowest BCUT2D eigenvalue weighted by Gasteiger charge is -1.97. The predicted molar refractivity (Wildman–Crippen MR) is 74.0 cm³/mol. The van der Waals surface area contributed by atoms with Crippen molar-refractivity contribution in [1.82, 2.24) is 4.98 Å². The fraction of sp³-hybridized carbons (Fsp3) is 0.400. The van der Waals surface area contributed by atoms with Gasteiger partial charge in [0.1, 0.15) is 0 Å². The van der Waals surface area contributed by atoms with E-state index in [1.54, 1.807) is 6.92 Å². The topological polar surface area (TPSA) is 54.6 Å². The largest absolute Gasteiger partial charge is 0.469 e. The molecule has 0 spiro atoms. The van der Waals surface area contributed by atoms with Crippen LogP contribution in [0.25, 0.3) is 10.9 Å². The molecule has 0 saturated carbocycles. The van der Waals surface area contributed by atoms with Crippen molar-refractivity contribution < 1.29 is 14.3 Å². The second-order valence-electron chi connectivity index (χ2n) is 4.49. The van der Waals surface area contributed by atoms with Crippen LogP contribution in [-0.2, 0) is 20.7 Å². The van der Waals surface area contributed by atoms with E-state index in [1.165, 1.54) is 23.6 Å². The van der Waals surface area contributed by atoms with Crippen LogP contribution in [0.5, 0.6) is 0 Å². The van der Waals surface area contributed by atoms with Gasteiger partial charge in [-0.1, -0.05) is 13.0 Å². The summed E-state index contributed by atoms with van der Waals surface area (Å²) in [5.74, 6) is -0.157. The predicted octanol–water partition coefficient (Wildman–Crippen LogP) is 2.68. The van der Waals surface area contributed by atoms with Gasteiger partial charge in [-0.15, -0.1) is 0 Å². The summed E-state index contributed by atoms with van der Waals surface area (Å²) in [6.07, 6.45) is 3.98. The first-order valence-corrected chi connectivity index (χ1v) is 6.47. The van der Waals surface area contributed by atoms with E-state index in [1.807, 2.05) is 6.20 Å². The van der Waals surface area contributed by atoms with E-state index in [9.17, 15) is 4.79 Å². The van der Waals surface area contributed by atoms with E-state index in [4.69, 9.17) is 4.74 Å². The van der Waals surface area contributed by atoms with Crippen molar-refractivity contribution in [3.8, 4) is 0 Å². The third kappa shape index (κ3) is 4.10. The molecule has 1 saturated heterocycles. The SMILES string of the molecule is CCC(=O)OC.c1cc2cc(CC3CO3)ccc2[nH]1. The van der Waals surface area contributed by atoms with Crippen molar-refractivity contribution in [3.63, 3.8) is 0 Å². The number of ether oxygens (including phenoxy) is 2. The second kappa shape index (κ2) is 6.38. The lowest BCUT2D eigenvalue weighted by molar-refractivity contribution is -0.140. The normalized spacial score (nSPS) is 16.6. The zero-order chi connectivity index (χ0) is 13.7. The number of fused-ring (bicyclic) bond motifs is 1. The number of epoxide rings is 1. The van der Waals surface area contributed by atoms with Crippen LogP contribution in [0.15, 0.2) is 30.5 Å². The molecule has 0 bridgehead atoms. The Kier molecular flexibility index (Phi) is 4.58. The van der Waals surface area contributed by atoms with E-state index in [2.05, 4.69) is 34.0 Å². The molecule has 19 heavy (non-hydrogen) atoms. The minimum Gasteiger partial charge on any atom is -0.469 e. The number of rotatable bonds is 3. The third-order valence-corrected chi connectivity index (χ3v) is 3.00. The Morgan fingerprint density at radius 3 is 2.84 bits per heavy atom. The zero-order valence-electron chi connectivity index (χ0n) is 11.3. The first-order chi connectivity index (χ1) is 9.22. The number of hydrogen-bond acceptors (Lipinski definition) is 3. The van der Waals surface area contributed by atoms with Crippen LogP contribution in [0.2, 0.25) is 0 Å². The van der Waals surface area contributed by atoms with Crippen LogP contribution in [0.3, 0.4) is 0 Å². The average Bonchev–Trinajstić information content (AvgIpc) is 3.13. The summed E-state index contributed by atoms with van der Waals surface area (Å²) >= 11 is 0. The van der Waals surface area contributed by atoms with Gasteiger partial charge in [0.05, 0.1) is 19.8 Å². The van der Waals surface area contributed by atoms with Gasteiger partial charge in [0, 0.05) is 24.6 Å². The van der Waals surface area contributed by atoms with Crippen LogP contribution >= 0.6 is 0 Å². The number of aromatic amines is 1. The molecule has 4 nitrogen and oxygen atoms in total. The van der Waals surface area contributed by atoms with E-state index in [0.29, 0.717) is 12.5 Å². The maximum atomic E-state index is 9.96. The number of carbonyl (C=O) groups is 1. The van der Waals surface area contributed by atoms with Gasteiger partial charge in [0.2, 0.25) is 0 Å². The highest BCUT2D eigenvalue weighted by Crippen LogP contribution is 2.19. The Labute approximate surface area is 112 Å². The molecule has 1 unspecified atom stereocenters. The molecule has 0 amide bonds. The molecule has 2 aromatic rings. The van der Waals surface area contributed by atoms with Gasteiger partial charge in [0.25, 0.3) is 0 Å². The number of H-pyrrole nitrogens is 1. The number of methoxy groups -OCH3 is 1. The van der Waals surface area contributed by atoms with Gasteiger partial charge in [-0.25, -0.2) is 0 Å². The van der Waals surface area contributed by atoms with Crippen LogP contribution in [-0.4, -0.2) is 30.8 Å². The number of esters is 1. The van der Waals surface area contributed by atoms with E-state index < -0.39 is 0 Å². The molecule has 2 heterocycles. The van der Waals surface area contributed by atoms with Crippen LogP contribution in [0.1, 0.15) is 18.9 Å². The number of hydrogen-bond donors (Lipinski definition) is 1. The maximum absolute atomic E-state index is 9.96. The molecule has 102 valence electrons. The summed E-state index contributed by atoms with van der Waals surface area (Å²) in [6.45, 7) is 2.69. The molecule has 1 N–H and O–H groups in total. The summed E-state index contributed by atoms with van der Waals surface area (Å²) in [5.41, 5.74) is 2.58. The summed E-state index contributed by atoms with van der Waals surface area (Å²) in [5, 5.41) is 1.29. The molecule has 0 radical (unpaired) electrons. The summed E-state index contributed by atoms with van der Waals surface area (Å²) in [6, 6.07) is 8.63. The van der Waals surface area contributed by atoms with Crippen molar-refractivity contribution in [2.75, 3.05) is 13.7 Å². The molecule has 1 aromatic heterocycles. The Bertz CT molecular complexity index is 537. The summed E-state index contributed by atoms with van der Waals surface area (Å²) in [4.78, 5) is 13.1. The second-order valence-corrected chi connectivity index (χ2v) is 4.49. The highest BCUT2D eigenvalue weighted by molar-refractivity contribution is 5.79. The number of benzene rings is 1. The molecule has 0 aliphatic carbocycles. The molecule has 1 fully saturated rings. The molecule has 1 atom stereocenters. The van der Waals surface area contributed by atoms with Gasteiger partial charge >= 0.3 is 5.97 Å². The fourth-order valence-electron chi connectivity index (χ4n) is 1.82. The van der Waals surface area contributed by atoms with Crippen LogP contribution in [0, 0.1) is 0 Å². The third-order valence-electron chi connectivity index (χ3n) is 3.00. The van der Waals surface area contributed by atoms with Gasteiger partial charge in [-0.2, -0.15) is 0 Å². The molecule has 3 rings (SSSR count). The van der Waals surface area contributed by atoms with E-state index >= 15 is 0 Å². The fourth-order valence-corrected chi connectivity index (χ4v) is 1.82. The van der Waals surface area contributed by atoms with Gasteiger partial charge in [-0.3, -0.25) is 4.79 Å². The lowest BCUT2D eigenvalue weighted by Crippen LogP contribution is -1.94. The van der Waals surface area contributed by atoms with Crippen molar-refractivity contribution in [2.45, 2.75) is 25.9 Å². The molecule has 1 aliphatic rings. The smallest absolute Gasteiger partial charge is 0.305 e. The van der Waals surface area contributed by atoms with Crippen molar-refractivity contribution in [1.29, 1.82) is 0 Å². The van der Waals surface area contributed by atoms with Crippen molar-refractivity contribution in [2.24, 2.45) is 0 Å². The monoisotopic (exact) mass is 261 g/mol. The Morgan fingerprint density at radius 1 is 1.47 bits per heavy atom. The Hall–Kier alpha value is -1.81. The van der Waals surface area contributed by atoms with Crippen LogP contribution < -0.4 is 0 Å². The highest BCUT2D eigenvalue weighted by atomic mass is 16.6. The molecular weight excluding hydrogens is 242 g/mol. The average molecular weight is 261 g/mol.